The molecular formula is C17H22FN5O2. The van der Waals surface area contributed by atoms with Crippen LogP contribution in [0.15, 0.2) is 24.6 Å². The van der Waals surface area contributed by atoms with Crippen molar-refractivity contribution in [3.05, 3.63) is 35.8 Å². The van der Waals surface area contributed by atoms with Crippen molar-refractivity contribution in [2.75, 3.05) is 13.2 Å². The van der Waals surface area contributed by atoms with E-state index in [1.165, 1.54) is 17.8 Å². The Morgan fingerprint density at radius 3 is 2.80 bits per heavy atom. The largest absolute Gasteiger partial charge is 0.354 e. The number of hydrogen-bond donors (Lipinski definition) is 1. The van der Waals surface area contributed by atoms with E-state index in [1.54, 1.807) is 7.05 Å². The number of nitriles is 1. The zero-order valence-corrected chi connectivity index (χ0v) is 14.6. The highest BCUT2D eigenvalue weighted by Gasteiger charge is 2.37. The number of amides is 2. The van der Waals surface area contributed by atoms with Crippen molar-refractivity contribution in [3.8, 4) is 6.07 Å². The van der Waals surface area contributed by atoms with Gasteiger partial charge in [-0.2, -0.15) is 10.4 Å². The molecule has 0 aliphatic rings. The van der Waals surface area contributed by atoms with E-state index in [1.807, 2.05) is 13.0 Å². The van der Waals surface area contributed by atoms with Gasteiger partial charge in [0.05, 0.1) is 23.5 Å². The molecule has 2 amide bonds. The van der Waals surface area contributed by atoms with E-state index < -0.39 is 30.6 Å². The number of hydrogen-bond acceptors (Lipinski definition) is 4. The average molecular weight is 347 g/mol. The van der Waals surface area contributed by atoms with Crippen LogP contribution in [0.25, 0.3) is 0 Å². The molecule has 0 aliphatic heterocycles. The fourth-order valence-corrected chi connectivity index (χ4v) is 2.42. The van der Waals surface area contributed by atoms with Crippen LogP contribution in [0, 0.1) is 11.3 Å². The van der Waals surface area contributed by atoms with E-state index in [0.717, 1.165) is 11.0 Å². The van der Waals surface area contributed by atoms with Gasteiger partial charge in [-0.1, -0.05) is 13.5 Å². The van der Waals surface area contributed by atoms with E-state index in [2.05, 4.69) is 22.7 Å². The van der Waals surface area contributed by atoms with Crippen LogP contribution in [0.5, 0.6) is 0 Å². The maximum atomic E-state index is 13.4. The number of halogens is 1. The highest BCUT2D eigenvalue weighted by molar-refractivity contribution is 5.93. The molecule has 0 aromatic carbocycles. The molecule has 0 bridgehead atoms. The lowest BCUT2D eigenvalue weighted by molar-refractivity contribution is -0.140. The number of carbonyl (C=O) groups excluding carboxylic acids is 2. The Hall–Kier alpha value is -2.91. The number of alkyl halides is 1. The average Bonchev–Trinajstić information content (AvgIpc) is 2.97. The number of aryl methyl sites for hydroxylation is 1. The van der Waals surface area contributed by atoms with Gasteiger partial charge >= 0.3 is 0 Å². The highest BCUT2D eigenvalue weighted by atomic mass is 19.1. The first-order valence-electron chi connectivity index (χ1n) is 7.86. The summed E-state index contributed by atoms with van der Waals surface area (Å²) in [7, 11) is 1.56. The van der Waals surface area contributed by atoms with Gasteiger partial charge in [-0.25, -0.2) is 4.39 Å². The molecule has 1 rings (SSSR count). The van der Waals surface area contributed by atoms with Gasteiger partial charge in [0.2, 0.25) is 5.91 Å². The standard InChI is InChI=1S/C17H22FN5O2/c1-5-7-14(24)23(12(3)9-18)16(17(25)20-8-6-2)15-13(10-19)11-21-22(15)4/h7,11-12,16H,1,6,8-9H2,2-4H3,(H,20,25). The van der Waals surface area contributed by atoms with Gasteiger partial charge in [-0.15, -0.1) is 5.73 Å². The van der Waals surface area contributed by atoms with Crippen LogP contribution in [0.1, 0.15) is 37.6 Å². The molecule has 0 saturated heterocycles. The number of aromatic nitrogens is 2. The van der Waals surface area contributed by atoms with Gasteiger partial charge in [0.25, 0.3) is 5.91 Å². The first kappa shape index (κ1) is 20.1. The first-order valence-corrected chi connectivity index (χ1v) is 7.86. The van der Waals surface area contributed by atoms with Crippen LogP contribution in [0.4, 0.5) is 4.39 Å². The Kier molecular flexibility index (Phi) is 7.57. The Labute approximate surface area is 146 Å². The fraction of sp³-hybridized carbons (Fsp3) is 0.471. The molecular weight excluding hydrogens is 325 g/mol. The number of rotatable bonds is 8. The van der Waals surface area contributed by atoms with Crippen molar-refractivity contribution >= 4 is 11.8 Å². The van der Waals surface area contributed by atoms with Crippen molar-refractivity contribution in [2.24, 2.45) is 7.05 Å². The zero-order chi connectivity index (χ0) is 19.0. The number of nitrogens with one attached hydrogen (secondary N) is 1. The summed E-state index contributed by atoms with van der Waals surface area (Å²) in [6.07, 6.45) is 3.03. The molecule has 1 aromatic heterocycles. The molecule has 0 fully saturated rings. The molecule has 1 heterocycles. The van der Waals surface area contributed by atoms with Gasteiger partial charge in [0.1, 0.15) is 12.7 Å². The second kappa shape index (κ2) is 9.40. The smallest absolute Gasteiger partial charge is 0.255 e. The molecule has 0 spiro atoms. The van der Waals surface area contributed by atoms with Gasteiger partial charge < -0.3 is 10.2 Å². The molecule has 25 heavy (non-hydrogen) atoms. The molecule has 2 unspecified atom stereocenters. The third-order valence-corrected chi connectivity index (χ3v) is 3.62. The molecule has 0 aliphatic carbocycles. The minimum Gasteiger partial charge on any atom is -0.354 e. The maximum absolute atomic E-state index is 13.4. The van der Waals surface area contributed by atoms with E-state index in [0.29, 0.717) is 13.0 Å². The van der Waals surface area contributed by atoms with E-state index in [9.17, 15) is 19.2 Å². The van der Waals surface area contributed by atoms with Crippen molar-refractivity contribution < 1.29 is 14.0 Å². The summed E-state index contributed by atoms with van der Waals surface area (Å²) in [4.78, 5) is 26.3. The van der Waals surface area contributed by atoms with Gasteiger partial charge in [0, 0.05) is 19.7 Å². The lowest BCUT2D eigenvalue weighted by Gasteiger charge is -2.34. The molecule has 134 valence electrons. The SMILES string of the molecule is C=C=CC(=O)N(C(C)CF)C(C(=O)NCCC)c1c(C#N)cnn1C. The van der Waals surface area contributed by atoms with Crippen molar-refractivity contribution in [1.82, 2.24) is 20.0 Å². The maximum Gasteiger partial charge on any atom is 0.255 e. The molecule has 8 heteroatoms. The van der Waals surface area contributed by atoms with Crippen molar-refractivity contribution in [2.45, 2.75) is 32.4 Å². The van der Waals surface area contributed by atoms with Crippen LogP contribution in [-0.2, 0) is 16.6 Å². The Bertz CT molecular complexity index is 715. The van der Waals surface area contributed by atoms with Crippen LogP contribution < -0.4 is 5.32 Å². The summed E-state index contributed by atoms with van der Waals surface area (Å²) in [5, 5.41) is 16.0. The zero-order valence-electron chi connectivity index (χ0n) is 14.6. The van der Waals surface area contributed by atoms with Crippen LogP contribution >= 0.6 is 0 Å². The first-order chi connectivity index (χ1) is 11.9. The molecule has 1 N–H and O–H groups in total. The molecule has 7 nitrogen and oxygen atoms in total. The van der Waals surface area contributed by atoms with Crippen molar-refractivity contribution in [3.63, 3.8) is 0 Å². The minimum atomic E-state index is -1.20. The molecule has 0 radical (unpaired) electrons. The van der Waals surface area contributed by atoms with E-state index >= 15 is 0 Å². The van der Waals surface area contributed by atoms with E-state index in [-0.39, 0.29) is 11.3 Å². The monoisotopic (exact) mass is 347 g/mol. The van der Waals surface area contributed by atoms with E-state index in [4.69, 9.17) is 0 Å². The van der Waals surface area contributed by atoms with Gasteiger partial charge in [-0.05, 0) is 13.3 Å². The number of nitrogens with zero attached hydrogens (tertiary/aromatic N) is 4. The van der Waals surface area contributed by atoms with Crippen LogP contribution in [-0.4, -0.2) is 45.8 Å². The Balaban J connectivity index is 3.53. The van der Waals surface area contributed by atoms with Gasteiger partial charge in [-0.3, -0.25) is 14.3 Å². The fourth-order valence-electron chi connectivity index (χ4n) is 2.42. The topological polar surface area (TPSA) is 91.0 Å². The summed E-state index contributed by atoms with van der Waals surface area (Å²) in [5.74, 6) is -1.13. The van der Waals surface area contributed by atoms with Crippen LogP contribution in [0.3, 0.4) is 0 Å². The highest BCUT2D eigenvalue weighted by Crippen LogP contribution is 2.26. The Morgan fingerprint density at radius 2 is 2.28 bits per heavy atom. The predicted molar refractivity (Wildman–Crippen MR) is 90.0 cm³/mol. The van der Waals surface area contributed by atoms with Crippen LogP contribution in [0.2, 0.25) is 0 Å². The predicted octanol–water partition coefficient (Wildman–Crippen LogP) is 1.39. The molecule has 2 atom stereocenters. The minimum absolute atomic E-state index is 0.144. The summed E-state index contributed by atoms with van der Waals surface area (Å²) < 4.78 is 14.7. The third kappa shape index (κ3) is 4.55. The lowest BCUT2D eigenvalue weighted by Crippen LogP contribution is -2.49. The molecule has 0 saturated carbocycles. The number of carbonyl (C=O) groups is 2. The lowest BCUT2D eigenvalue weighted by atomic mass is 10.0. The summed E-state index contributed by atoms with van der Waals surface area (Å²) in [6.45, 7) is 6.24. The normalized spacial score (nSPS) is 12.4. The second-order valence-electron chi connectivity index (χ2n) is 5.47. The van der Waals surface area contributed by atoms with Crippen molar-refractivity contribution in [1.29, 1.82) is 5.26 Å². The summed E-state index contributed by atoms with van der Waals surface area (Å²) in [5.41, 5.74) is 2.71. The second-order valence-corrected chi connectivity index (χ2v) is 5.47. The Morgan fingerprint density at radius 1 is 1.60 bits per heavy atom. The quantitative estimate of drug-likeness (QED) is 0.568. The third-order valence-electron chi connectivity index (χ3n) is 3.62. The summed E-state index contributed by atoms with van der Waals surface area (Å²) >= 11 is 0. The summed E-state index contributed by atoms with van der Waals surface area (Å²) in [6, 6.07) is -0.133. The van der Waals surface area contributed by atoms with Gasteiger partial charge in [0.15, 0.2) is 6.04 Å². The molecule has 1 aromatic rings.